The van der Waals surface area contributed by atoms with Crippen LogP contribution in [0.2, 0.25) is 0 Å². The predicted octanol–water partition coefficient (Wildman–Crippen LogP) is 5.27. The van der Waals surface area contributed by atoms with E-state index in [1.807, 2.05) is 6.92 Å². The monoisotopic (exact) mass is 300 g/mol. The first-order valence-corrected chi connectivity index (χ1v) is 8.89. The van der Waals surface area contributed by atoms with Crippen molar-refractivity contribution in [3.63, 3.8) is 0 Å². The summed E-state index contributed by atoms with van der Waals surface area (Å²) in [5.74, 6) is -0.256. The minimum Gasteiger partial charge on any atom is -0.461 e. The van der Waals surface area contributed by atoms with Crippen LogP contribution in [0.15, 0.2) is 0 Å². The smallest absolute Gasteiger partial charge is 0.332 e. The molecule has 126 valence electrons. The molecule has 0 amide bonds. The average Bonchev–Trinajstić information content (AvgIpc) is 2.45. The molecule has 3 nitrogen and oxygen atoms in total. The van der Waals surface area contributed by atoms with Crippen molar-refractivity contribution in [2.75, 3.05) is 13.7 Å². The largest absolute Gasteiger partial charge is 0.461 e. The Morgan fingerprint density at radius 2 is 1.33 bits per heavy atom. The van der Waals surface area contributed by atoms with Crippen molar-refractivity contribution in [2.24, 2.45) is 0 Å². The first kappa shape index (κ1) is 20.4. The number of methoxy groups -OCH3 is 1. The van der Waals surface area contributed by atoms with Gasteiger partial charge in [-0.25, -0.2) is 4.79 Å². The van der Waals surface area contributed by atoms with Gasteiger partial charge in [-0.15, -0.1) is 0 Å². The van der Waals surface area contributed by atoms with Crippen LogP contribution in [0, 0.1) is 0 Å². The molecule has 21 heavy (non-hydrogen) atoms. The van der Waals surface area contributed by atoms with Crippen molar-refractivity contribution in [3.05, 3.63) is 0 Å². The summed E-state index contributed by atoms with van der Waals surface area (Å²) in [7, 11) is 1.51. The van der Waals surface area contributed by atoms with Gasteiger partial charge in [0.05, 0.1) is 6.10 Å². The molecular formula is C18H36O3. The molecule has 0 saturated heterocycles. The maximum Gasteiger partial charge on any atom is 0.332 e. The zero-order valence-corrected chi connectivity index (χ0v) is 14.5. The SMILES string of the molecule is CCCCCCCCCCCCCC(C)OC(=O)COC. The third-order valence-electron chi connectivity index (χ3n) is 3.81. The third kappa shape index (κ3) is 15.6. The van der Waals surface area contributed by atoms with Gasteiger partial charge in [0.15, 0.2) is 0 Å². The second-order valence-electron chi connectivity index (χ2n) is 6.06. The molecule has 0 fully saturated rings. The summed E-state index contributed by atoms with van der Waals surface area (Å²) in [6.07, 6.45) is 15.8. The zero-order chi connectivity index (χ0) is 15.8. The van der Waals surface area contributed by atoms with Crippen LogP contribution < -0.4 is 0 Å². The number of carbonyl (C=O) groups is 1. The predicted molar refractivity (Wildman–Crippen MR) is 88.5 cm³/mol. The van der Waals surface area contributed by atoms with Crippen LogP contribution in [0.5, 0.6) is 0 Å². The van der Waals surface area contributed by atoms with E-state index in [0.717, 1.165) is 12.8 Å². The highest BCUT2D eigenvalue weighted by Crippen LogP contribution is 2.13. The lowest BCUT2D eigenvalue weighted by molar-refractivity contribution is -0.152. The van der Waals surface area contributed by atoms with E-state index >= 15 is 0 Å². The van der Waals surface area contributed by atoms with E-state index in [2.05, 4.69) is 6.92 Å². The van der Waals surface area contributed by atoms with Crippen LogP contribution in [0.1, 0.15) is 90.9 Å². The van der Waals surface area contributed by atoms with Crippen LogP contribution >= 0.6 is 0 Å². The molecular weight excluding hydrogens is 264 g/mol. The molecule has 3 heteroatoms. The molecule has 0 aliphatic rings. The summed E-state index contributed by atoms with van der Waals surface area (Å²) >= 11 is 0. The van der Waals surface area contributed by atoms with Crippen LogP contribution in [0.25, 0.3) is 0 Å². The molecule has 0 aromatic carbocycles. The van der Waals surface area contributed by atoms with E-state index < -0.39 is 0 Å². The molecule has 0 saturated carbocycles. The number of unbranched alkanes of at least 4 members (excludes halogenated alkanes) is 10. The van der Waals surface area contributed by atoms with Crippen LogP contribution in [-0.2, 0) is 14.3 Å². The molecule has 0 aromatic heterocycles. The molecule has 0 N–H and O–H groups in total. The van der Waals surface area contributed by atoms with Gasteiger partial charge in [0.25, 0.3) is 0 Å². The van der Waals surface area contributed by atoms with Crippen molar-refractivity contribution < 1.29 is 14.3 Å². The lowest BCUT2D eigenvalue weighted by atomic mass is 10.0. The summed E-state index contributed by atoms with van der Waals surface area (Å²) in [5, 5.41) is 0. The highest BCUT2D eigenvalue weighted by molar-refractivity contribution is 5.70. The van der Waals surface area contributed by atoms with Crippen molar-refractivity contribution in [1.29, 1.82) is 0 Å². The average molecular weight is 300 g/mol. The van der Waals surface area contributed by atoms with Crippen molar-refractivity contribution in [1.82, 2.24) is 0 Å². The van der Waals surface area contributed by atoms with Gasteiger partial charge in [-0.3, -0.25) is 0 Å². The molecule has 0 aliphatic carbocycles. The first-order valence-electron chi connectivity index (χ1n) is 8.89. The molecule has 1 unspecified atom stereocenters. The fourth-order valence-electron chi connectivity index (χ4n) is 2.53. The van der Waals surface area contributed by atoms with Crippen LogP contribution in [0.3, 0.4) is 0 Å². The number of hydrogen-bond donors (Lipinski definition) is 0. The molecule has 0 aliphatic heterocycles. The summed E-state index contributed by atoms with van der Waals surface area (Å²) in [6, 6.07) is 0. The normalized spacial score (nSPS) is 12.3. The molecule has 0 rings (SSSR count). The Kier molecular flexibility index (Phi) is 15.4. The molecule has 0 aromatic rings. The van der Waals surface area contributed by atoms with Gasteiger partial charge in [-0.1, -0.05) is 71.1 Å². The van der Waals surface area contributed by atoms with E-state index in [0.29, 0.717) is 0 Å². The van der Waals surface area contributed by atoms with E-state index in [4.69, 9.17) is 9.47 Å². The number of esters is 1. The Balaban J connectivity index is 3.19. The number of ether oxygens (including phenoxy) is 2. The summed E-state index contributed by atoms with van der Waals surface area (Å²) in [5.41, 5.74) is 0. The van der Waals surface area contributed by atoms with Gasteiger partial charge in [0, 0.05) is 7.11 Å². The molecule has 0 radical (unpaired) electrons. The molecule has 1 atom stereocenters. The molecule has 0 spiro atoms. The third-order valence-corrected chi connectivity index (χ3v) is 3.81. The van der Waals surface area contributed by atoms with E-state index in [1.54, 1.807) is 0 Å². The second kappa shape index (κ2) is 15.8. The minimum atomic E-state index is -0.256. The Hall–Kier alpha value is -0.570. The number of carbonyl (C=O) groups excluding carboxylic acids is 1. The van der Waals surface area contributed by atoms with Gasteiger partial charge < -0.3 is 9.47 Å². The number of hydrogen-bond acceptors (Lipinski definition) is 3. The highest BCUT2D eigenvalue weighted by Gasteiger charge is 2.08. The topological polar surface area (TPSA) is 35.5 Å². The number of rotatable bonds is 15. The summed E-state index contributed by atoms with van der Waals surface area (Å²) in [4.78, 5) is 11.2. The Morgan fingerprint density at radius 3 is 1.81 bits per heavy atom. The van der Waals surface area contributed by atoms with Crippen molar-refractivity contribution in [2.45, 2.75) is 97.0 Å². The van der Waals surface area contributed by atoms with Crippen LogP contribution in [0.4, 0.5) is 0 Å². The quantitative estimate of drug-likeness (QED) is 0.305. The Morgan fingerprint density at radius 1 is 0.857 bits per heavy atom. The lowest BCUT2D eigenvalue weighted by Gasteiger charge is -2.12. The van der Waals surface area contributed by atoms with E-state index in [-0.39, 0.29) is 18.7 Å². The maximum atomic E-state index is 11.2. The first-order chi connectivity index (χ1) is 10.2. The van der Waals surface area contributed by atoms with Gasteiger partial charge in [0.1, 0.15) is 6.61 Å². The van der Waals surface area contributed by atoms with Crippen molar-refractivity contribution in [3.8, 4) is 0 Å². The summed E-state index contributed by atoms with van der Waals surface area (Å²) in [6.45, 7) is 4.28. The highest BCUT2D eigenvalue weighted by atomic mass is 16.6. The molecule has 0 bridgehead atoms. The maximum absolute atomic E-state index is 11.2. The van der Waals surface area contributed by atoms with Gasteiger partial charge in [-0.2, -0.15) is 0 Å². The van der Waals surface area contributed by atoms with Gasteiger partial charge >= 0.3 is 5.97 Å². The van der Waals surface area contributed by atoms with Crippen LogP contribution in [-0.4, -0.2) is 25.8 Å². The summed E-state index contributed by atoms with van der Waals surface area (Å²) < 4.78 is 9.96. The Bertz CT molecular complexity index is 229. The fourth-order valence-corrected chi connectivity index (χ4v) is 2.53. The fraction of sp³-hybridized carbons (Fsp3) is 0.944. The minimum absolute atomic E-state index is 0.0196. The Labute approximate surface area is 131 Å². The van der Waals surface area contributed by atoms with Gasteiger partial charge in [0.2, 0.25) is 0 Å². The van der Waals surface area contributed by atoms with Gasteiger partial charge in [-0.05, 0) is 19.8 Å². The van der Waals surface area contributed by atoms with E-state index in [1.165, 1.54) is 71.3 Å². The lowest BCUT2D eigenvalue weighted by Crippen LogP contribution is -2.18. The standard InChI is InChI=1S/C18H36O3/c1-4-5-6-7-8-9-10-11-12-13-14-15-17(2)21-18(19)16-20-3/h17H,4-16H2,1-3H3. The van der Waals surface area contributed by atoms with Crippen molar-refractivity contribution >= 4 is 5.97 Å². The molecule has 0 heterocycles. The van der Waals surface area contributed by atoms with E-state index in [9.17, 15) is 4.79 Å². The second-order valence-corrected chi connectivity index (χ2v) is 6.06. The zero-order valence-electron chi connectivity index (χ0n) is 14.5.